The van der Waals surface area contributed by atoms with Gasteiger partial charge in [0.05, 0.1) is 17.7 Å². The van der Waals surface area contributed by atoms with Crippen LogP contribution in [-0.4, -0.2) is 117 Å². The number of amides is 3. The van der Waals surface area contributed by atoms with E-state index in [1.54, 1.807) is 9.80 Å². The predicted octanol–water partition coefficient (Wildman–Crippen LogP) is 3.91. The molecule has 4 heterocycles. The van der Waals surface area contributed by atoms with Gasteiger partial charge in [0.1, 0.15) is 17.9 Å². The number of aliphatic hydroxyl groups is 1. The number of hydrogen-bond donors (Lipinski definition) is 2. The van der Waals surface area contributed by atoms with Crippen molar-refractivity contribution in [2.45, 2.75) is 83.8 Å². The molecule has 3 amide bonds. The minimum absolute atomic E-state index is 0.000326. The van der Waals surface area contributed by atoms with Gasteiger partial charge in [-0.3, -0.25) is 4.79 Å². The highest BCUT2D eigenvalue weighted by Crippen LogP contribution is 2.45. The summed E-state index contributed by atoms with van der Waals surface area (Å²) in [5, 5.41) is 20.7. The number of aromatic nitrogens is 3. The topological polar surface area (TPSA) is 127 Å². The number of piperidine rings is 1. The molecule has 13 heteroatoms. The third kappa shape index (κ3) is 7.01. The summed E-state index contributed by atoms with van der Waals surface area (Å²) < 4.78 is 20.5. The van der Waals surface area contributed by atoms with Crippen LogP contribution in [0.15, 0.2) is 24.5 Å². The minimum atomic E-state index is -0.512. The molecule has 1 aromatic heterocycles. The van der Waals surface area contributed by atoms with Gasteiger partial charge in [0.15, 0.2) is 5.82 Å². The lowest BCUT2D eigenvalue weighted by Gasteiger charge is -2.54. The van der Waals surface area contributed by atoms with Gasteiger partial charge in [-0.1, -0.05) is 0 Å². The Hall–Kier alpha value is -3.58. The van der Waals surface area contributed by atoms with E-state index in [1.165, 1.54) is 24.5 Å². The molecule has 0 unspecified atom stereocenters. The van der Waals surface area contributed by atoms with Gasteiger partial charge in [0.2, 0.25) is 0 Å². The molecule has 6 rings (SSSR count). The zero-order valence-electron chi connectivity index (χ0n) is 28.1. The van der Waals surface area contributed by atoms with Crippen LogP contribution in [0.2, 0.25) is 0 Å². The van der Waals surface area contributed by atoms with Crippen molar-refractivity contribution in [2.75, 3.05) is 57.3 Å². The largest absolute Gasteiger partial charge is 0.434 e. The first kappa shape index (κ1) is 33.3. The third-order valence-corrected chi connectivity index (χ3v) is 10.7. The zero-order chi connectivity index (χ0) is 33.3. The number of aliphatic hydroxyl groups excluding tert-OH is 1. The van der Waals surface area contributed by atoms with Crippen LogP contribution in [0.25, 0.3) is 0 Å². The van der Waals surface area contributed by atoms with Crippen molar-refractivity contribution in [3.8, 4) is 11.6 Å². The van der Waals surface area contributed by atoms with Crippen molar-refractivity contribution < 1.29 is 23.8 Å². The number of benzene rings is 1. The fourth-order valence-corrected chi connectivity index (χ4v) is 8.19. The molecule has 12 nitrogen and oxygen atoms in total. The van der Waals surface area contributed by atoms with Crippen molar-refractivity contribution in [1.82, 2.24) is 35.2 Å². The molecule has 3 aliphatic heterocycles. The molecule has 47 heavy (non-hydrogen) atoms. The predicted molar refractivity (Wildman–Crippen MR) is 175 cm³/mol. The van der Waals surface area contributed by atoms with E-state index in [2.05, 4.69) is 30.3 Å². The fraction of sp³-hybridized carbons (Fsp3) is 0.676. The molecule has 256 valence electrons. The zero-order valence-corrected chi connectivity index (χ0v) is 28.1. The van der Waals surface area contributed by atoms with Gasteiger partial charge in [-0.25, -0.2) is 14.2 Å². The van der Waals surface area contributed by atoms with Crippen molar-refractivity contribution in [3.05, 3.63) is 35.9 Å². The Morgan fingerprint density at radius 3 is 2.47 bits per heavy atom. The Morgan fingerprint density at radius 2 is 1.81 bits per heavy atom. The summed E-state index contributed by atoms with van der Waals surface area (Å²) in [6.07, 6.45) is 7.84. The smallest absolute Gasteiger partial charge is 0.318 e. The number of carbonyl (C=O) groups excluding carboxylic acids is 2. The Bertz CT molecular complexity index is 1420. The molecule has 0 atom stereocenters. The maximum Gasteiger partial charge on any atom is 0.318 e. The van der Waals surface area contributed by atoms with E-state index in [9.17, 15) is 19.1 Å². The number of anilines is 1. The van der Waals surface area contributed by atoms with Crippen LogP contribution in [-0.2, 0) is 0 Å². The maximum atomic E-state index is 14.4. The van der Waals surface area contributed by atoms with Crippen LogP contribution in [0.4, 0.5) is 15.0 Å². The number of nitrogens with one attached hydrogen (secondary N) is 1. The quantitative estimate of drug-likeness (QED) is 0.393. The average Bonchev–Trinajstić information content (AvgIpc) is 3.32. The number of hydrogen-bond acceptors (Lipinski definition) is 9. The first-order valence-corrected chi connectivity index (χ1v) is 17.1. The lowest BCUT2D eigenvalue weighted by molar-refractivity contribution is 0.0582. The lowest BCUT2D eigenvalue weighted by atomic mass is 9.71. The lowest BCUT2D eigenvalue weighted by Crippen LogP contribution is -2.61. The third-order valence-electron chi connectivity index (χ3n) is 10.7. The Labute approximate surface area is 276 Å². The first-order valence-electron chi connectivity index (χ1n) is 17.1. The van der Waals surface area contributed by atoms with Crippen LogP contribution in [0.1, 0.15) is 76.6 Å². The summed E-state index contributed by atoms with van der Waals surface area (Å²) in [7, 11) is 0. The van der Waals surface area contributed by atoms with Crippen LogP contribution in [0, 0.1) is 17.2 Å². The summed E-state index contributed by atoms with van der Waals surface area (Å²) in [6.45, 7) is 13.7. The summed E-state index contributed by atoms with van der Waals surface area (Å²) in [6, 6.07) is 3.78. The number of rotatable bonds is 10. The molecule has 2 N–H and O–H groups in total. The van der Waals surface area contributed by atoms with E-state index in [0.29, 0.717) is 24.8 Å². The molecule has 1 aliphatic carbocycles. The standard InChI is InChI=1S/C34H49FN8O4/c1-23(2)43(24(3)4)31(45)27-17-26(35)5-6-28(27)47-30-29(36-22-37-39-30)42-19-33(20-42)11-13-40(14-12-33)18-25-7-9-34(10-8-25)21-41(15-16-44)32(46)38-34/h5-6,17,22-25,44H,7-16,18-21H2,1-4H3,(H,38,46). The first-order chi connectivity index (χ1) is 22.5. The highest BCUT2D eigenvalue weighted by Gasteiger charge is 2.48. The van der Waals surface area contributed by atoms with E-state index < -0.39 is 5.82 Å². The molecular weight excluding hydrogens is 603 g/mol. The van der Waals surface area contributed by atoms with Gasteiger partial charge in [0, 0.05) is 50.2 Å². The monoisotopic (exact) mass is 652 g/mol. The van der Waals surface area contributed by atoms with E-state index in [0.717, 1.165) is 71.2 Å². The van der Waals surface area contributed by atoms with Crippen LogP contribution < -0.4 is 15.0 Å². The molecule has 1 saturated carbocycles. The van der Waals surface area contributed by atoms with E-state index >= 15 is 0 Å². The second-order valence-corrected chi connectivity index (χ2v) is 14.7. The van der Waals surface area contributed by atoms with Gasteiger partial charge in [-0.15, -0.1) is 10.2 Å². The van der Waals surface area contributed by atoms with Gasteiger partial charge < -0.3 is 34.8 Å². The maximum absolute atomic E-state index is 14.4. The van der Waals surface area contributed by atoms with Crippen molar-refractivity contribution in [2.24, 2.45) is 11.3 Å². The van der Waals surface area contributed by atoms with Crippen LogP contribution in [0.3, 0.4) is 0 Å². The number of halogens is 1. The Balaban J connectivity index is 1.03. The molecule has 0 bridgehead atoms. The summed E-state index contributed by atoms with van der Waals surface area (Å²) in [5.74, 6) is 0.824. The second kappa shape index (κ2) is 13.5. The normalized spacial score (nSPS) is 24.3. The van der Waals surface area contributed by atoms with Gasteiger partial charge in [-0.2, -0.15) is 0 Å². The molecule has 4 fully saturated rings. The van der Waals surface area contributed by atoms with Crippen molar-refractivity contribution in [1.29, 1.82) is 0 Å². The SMILES string of the molecule is CC(C)N(C(=O)c1cc(F)ccc1Oc1nncnc1N1CC2(CCN(CC3CCC4(CC3)CN(CCO)C(=O)N4)CC2)C1)C(C)C. The van der Waals surface area contributed by atoms with Gasteiger partial charge in [-0.05, 0) is 103 Å². The molecule has 0 radical (unpaired) electrons. The number of urea groups is 1. The second-order valence-electron chi connectivity index (χ2n) is 14.7. The molecule has 3 saturated heterocycles. The highest BCUT2D eigenvalue weighted by atomic mass is 19.1. The number of likely N-dealkylation sites (tertiary alicyclic amines) is 1. The van der Waals surface area contributed by atoms with E-state index in [4.69, 9.17) is 4.74 Å². The van der Waals surface area contributed by atoms with Crippen LogP contribution in [0.5, 0.6) is 11.6 Å². The van der Waals surface area contributed by atoms with Crippen molar-refractivity contribution in [3.63, 3.8) is 0 Å². The minimum Gasteiger partial charge on any atom is -0.434 e. The fourth-order valence-electron chi connectivity index (χ4n) is 8.19. The molecular formula is C34H49FN8O4. The molecule has 1 aromatic carbocycles. The summed E-state index contributed by atoms with van der Waals surface area (Å²) in [5.41, 5.74) is 0.228. The van der Waals surface area contributed by atoms with E-state index in [1.807, 2.05) is 27.7 Å². The average molecular weight is 653 g/mol. The molecule has 2 aromatic rings. The Morgan fingerprint density at radius 1 is 1.11 bits per heavy atom. The number of nitrogens with zero attached hydrogens (tertiary/aromatic N) is 7. The van der Waals surface area contributed by atoms with Crippen LogP contribution >= 0.6 is 0 Å². The molecule has 4 aliphatic rings. The van der Waals surface area contributed by atoms with Crippen molar-refractivity contribution >= 4 is 17.8 Å². The van der Waals surface area contributed by atoms with E-state index in [-0.39, 0.29) is 58.8 Å². The molecule has 2 spiro atoms. The Kier molecular flexibility index (Phi) is 9.57. The number of β-amino-alcohol motifs (C(OH)–C–C–N with tert-alkyl or cyclic N) is 1. The summed E-state index contributed by atoms with van der Waals surface area (Å²) >= 11 is 0. The van der Waals surface area contributed by atoms with Gasteiger partial charge in [0.25, 0.3) is 11.8 Å². The summed E-state index contributed by atoms with van der Waals surface area (Å²) in [4.78, 5) is 38.6. The number of ether oxygens (including phenoxy) is 1. The highest BCUT2D eigenvalue weighted by molar-refractivity contribution is 5.97. The number of carbonyl (C=O) groups is 2. The van der Waals surface area contributed by atoms with Gasteiger partial charge >= 0.3 is 6.03 Å².